The lowest BCUT2D eigenvalue weighted by Crippen LogP contribution is -2.53. The number of nitrogens with zero attached hydrogens (tertiary/aromatic N) is 1. The van der Waals surface area contributed by atoms with E-state index in [1.165, 1.54) is 12.8 Å². The summed E-state index contributed by atoms with van der Waals surface area (Å²) in [6, 6.07) is 0. The zero-order valence-electron chi connectivity index (χ0n) is 14.5. The van der Waals surface area contributed by atoms with Gasteiger partial charge in [-0.05, 0) is 54.4 Å². The van der Waals surface area contributed by atoms with E-state index in [1.54, 1.807) is 5.06 Å². The molecule has 3 nitrogen and oxygen atoms in total. The molecule has 118 valence electrons. The van der Waals surface area contributed by atoms with Crippen LogP contribution >= 0.6 is 0 Å². The Morgan fingerprint density at radius 2 is 1.50 bits per heavy atom. The van der Waals surface area contributed by atoms with E-state index in [0.717, 1.165) is 19.3 Å². The first-order valence-corrected chi connectivity index (χ1v) is 7.70. The van der Waals surface area contributed by atoms with E-state index in [-0.39, 0.29) is 17.0 Å². The third kappa shape index (κ3) is 7.09. The number of hydroxylamine groups is 2. The summed E-state index contributed by atoms with van der Waals surface area (Å²) in [4.78, 5) is 17.7. The van der Waals surface area contributed by atoms with E-state index in [0.29, 0.717) is 5.57 Å². The quantitative estimate of drug-likeness (QED) is 0.379. The van der Waals surface area contributed by atoms with Gasteiger partial charge in [0.05, 0.1) is 0 Å². The van der Waals surface area contributed by atoms with Crippen LogP contribution in [-0.4, -0.2) is 22.1 Å². The van der Waals surface area contributed by atoms with Gasteiger partial charge in [0, 0.05) is 16.7 Å². The van der Waals surface area contributed by atoms with Gasteiger partial charge < -0.3 is 4.84 Å². The van der Waals surface area contributed by atoms with Gasteiger partial charge in [-0.1, -0.05) is 32.8 Å². The average molecular weight is 283 g/mol. The molecule has 0 bridgehead atoms. The standard InChI is InChI=1S/C17H33NO2/c1-9-10-11-12-13-14(2)15(19)20-18(16(3,4)5)17(6,7)8/h2,9-13H2,1,3-8H3. The monoisotopic (exact) mass is 283 g/mol. The van der Waals surface area contributed by atoms with Crippen LogP contribution < -0.4 is 0 Å². The molecule has 0 aliphatic carbocycles. The lowest BCUT2D eigenvalue weighted by atomic mass is 10.00. The topological polar surface area (TPSA) is 29.5 Å². The maximum absolute atomic E-state index is 12.1. The summed E-state index contributed by atoms with van der Waals surface area (Å²) in [6.45, 7) is 18.3. The summed E-state index contributed by atoms with van der Waals surface area (Å²) in [6.07, 6.45) is 5.27. The summed E-state index contributed by atoms with van der Waals surface area (Å²) in [5, 5.41) is 1.76. The van der Waals surface area contributed by atoms with Crippen molar-refractivity contribution in [1.29, 1.82) is 0 Å². The molecule has 0 N–H and O–H groups in total. The van der Waals surface area contributed by atoms with Crippen LogP contribution in [0.3, 0.4) is 0 Å². The second-order valence-corrected chi connectivity index (χ2v) is 7.43. The molecule has 0 amide bonds. The molecule has 0 aromatic carbocycles. The zero-order valence-corrected chi connectivity index (χ0v) is 14.5. The second kappa shape index (κ2) is 7.82. The maximum Gasteiger partial charge on any atom is 0.352 e. The number of carbonyl (C=O) groups excluding carboxylic acids is 1. The van der Waals surface area contributed by atoms with Crippen molar-refractivity contribution in [1.82, 2.24) is 5.06 Å². The molecule has 0 unspecified atom stereocenters. The van der Waals surface area contributed by atoms with E-state index in [9.17, 15) is 4.79 Å². The van der Waals surface area contributed by atoms with E-state index in [2.05, 4.69) is 13.5 Å². The Labute approximate surface area is 125 Å². The van der Waals surface area contributed by atoms with Crippen molar-refractivity contribution in [3.63, 3.8) is 0 Å². The van der Waals surface area contributed by atoms with E-state index in [4.69, 9.17) is 4.84 Å². The SMILES string of the molecule is C=C(CCCCCC)C(=O)ON(C(C)(C)C)C(C)(C)C. The first kappa shape index (κ1) is 19.2. The van der Waals surface area contributed by atoms with E-state index >= 15 is 0 Å². The van der Waals surface area contributed by atoms with Gasteiger partial charge in [0.1, 0.15) is 0 Å². The van der Waals surface area contributed by atoms with Gasteiger partial charge in [-0.3, -0.25) is 0 Å². The molecule has 0 aromatic heterocycles. The van der Waals surface area contributed by atoms with Gasteiger partial charge in [0.15, 0.2) is 0 Å². The molecular weight excluding hydrogens is 250 g/mol. The number of hydrogen-bond donors (Lipinski definition) is 0. The van der Waals surface area contributed by atoms with Gasteiger partial charge in [0.25, 0.3) is 0 Å². The number of rotatable bonds is 7. The highest BCUT2D eigenvalue weighted by Crippen LogP contribution is 2.26. The Hall–Kier alpha value is -0.830. The van der Waals surface area contributed by atoms with E-state index < -0.39 is 0 Å². The van der Waals surface area contributed by atoms with Crippen molar-refractivity contribution >= 4 is 5.97 Å². The number of carbonyl (C=O) groups is 1. The minimum atomic E-state index is -0.300. The van der Waals surface area contributed by atoms with Crippen LogP contribution in [0.25, 0.3) is 0 Å². The van der Waals surface area contributed by atoms with E-state index in [1.807, 2.05) is 41.5 Å². The molecule has 0 rings (SSSR count). The summed E-state index contributed by atoms with van der Waals surface area (Å²) >= 11 is 0. The van der Waals surface area contributed by atoms with Crippen LogP contribution in [0.1, 0.15) is 80.6 Å². The molecule has 0 heterocycles. The number of hydrogen-bond acceptors (Lipinski definition) is 3. The molecule has 0 aliphatic rings. The highest BCUT2D eigenvalue weighted by molar-refractivity contribution is 5.87. The van der Waals surface area contributed by atoms with Crippen molar-refractivity contribution in [3.05, 3.63) is 12.2 Å². The van der Waals surface area contributed by atoms with Gasteiger partial charge in [-0.2, -0.15) is 0 Å². The first-order chi connectivity index (χ1) is 9.00. The van der Waals surface area contributed by atoms with Crippen molar-refractivity contribution in [2.24, 2.45) is 0 Å². The molecule has 0 saturated carbocycles. The van der Waals surface area contributed by atoms with Gasteiger partial charge in [-0.25, -0.2) is 4.79 Å². The third-order valence-electron chi connectivity index (χ3n) is 3.01. The highest BCUT2D eigenvalue weighted by atomic mass is 16.7. The maximum atomic E-state index is 12.1. The molecular formula is C17H33NO2. The predicted octanol–water partition coefficient (Wildman–Crippen LogP) is 4.87. The molecule has 0 radical (unpaired) electrons. The fraction of sp³-hybridized carbons (Fsp3) is 0.824. The summed E-state index contributed by atoms with van der Waals surface area (Å²) in [5.74, 6) is -0.300. The summed E-state index contributed by atoms with van der Waals surface area (Å²) in [7, 11) is 0. The summed E-state index contributed by atoms with van der Waals surface area (Å²) in [5.41, 5.74) is 0.0897. The normalized spacial score (nSPS) is 12.6. The molecule has 0 fully saturated rings. The third-order valence-corrected chi connectivity index (χ3v) is 3.01. The van der Waals surface area contributed by atoms with Crippen molar-refractivity contribution in [2.75, 3.05) is 0 Å². The molecule has 20 heavy (non-hydrogen) atoms. The number of unbranched alkanes of at least 4 members (excludes halogenated alkanes) is 3. The van der Waals surface area contributed by atoms with Crippen LogP contribution in [-0.2, 0) is 9.63 Å². The van der Waals surface area contributed by atoms with Crippen molar-refractivity contribution in [3.8, 4) is 0 Å². The van der Waals surface area contributed by atoms with Crippen LogP contribution in [0.5, 0.6) is 0 Å². The second-order valence-electron chi connectivity index (χ2n) is 7.43. The van der Waals surface area contributed by atoms with Crippen molar-refractivity contribution < 1.29 is 9.63 Å². The van der Waals surface area contributed by atoms with Crippen LogP contribution in [0.2, 0.25) is 0 Å². The summed E-state index contributed by atoms with van der Waals surface area (Å²) < 4.78 is 0. The lowest BCUT2D eigenvalue weighted by Gasteiger charge is -2.42. The van der Waals surface area contributed by atoms with Gasteiger partial charge >= 0.3 is 5.97 Å². The molecule has 0 atom stereocenters. The Morgan fingerprint density at radius 3 is 1.90 bits per heavy atom. The molecule has 0 saturated heterocycles. The van der Waals surface area contributed by atoms with Crippen LogP contribution in [0, 0.1) is 0 Å². The largest absolute Gasteiger partial charge is 0.363 e. The minimum Gasteiger partial charge on any atom is -0.363 e. The first-order valence-electron chi connectivity index (χ1n) is 7.70. The smallest absolute Gasteiger partial charge is 0.352 e. The fourth-order valence-corrected chi connectivity index (χ4v) is 2.29. The fourth-order valence-electron chi connectivity index (χ4n) is 2.29. The lowest BCUT2D eigenvalue weighted by molar-refractivity contribution is -0.242. The van der Waals surface area contributed by atoms with Crippen LogP contribution in [0.4, 0.5) is 0 Å². The molecule has 3 heteroatoms. The molecule has 0 spiro atoms. The van der Waals surface area contributed by atoms with Crippen LogP contribution in [0.15, 0.2) is 12.2 Å². The highest BCUT2D eigenvalue weighted by Gasteiger charge is 2.35. The predicted molar refractivity (Wildman–Crippen MR) is 85.3 cm³/mol. The minimum absolute atomic E-state index is 0.240. The van der Waals surface area contributed by atoms with Gasteiger partial charge in [-0.15, -0.1) is 5.06 Å². The Kier molecular flexibility index (Phi) is 7.50. The zero-order chi connectivity index (χ0) is 16.0. The Balaban J connectivity index is 4.51. The average Bonchev–Trinajstić information content (AvgIpc) is 2.28. The van der Waals surface area contributed by atoms with Gasteiger partial charge in [0.2, 0.25) is 0 Å². The molecule has 0 aromatic rings. The Bertz CT molecular complexity index is 307. The molecule has 0 aliphatic heterocycles. The van der Waals surface area contributed by atoms with Crippen molar-refractivity contribution in [2.45, 2.75) is 91.6 Å². The Morgan fingerprint density at radius 1 is 1.00 bits per heavy atom.